The van der Waals surface area contributed by atoms with Crippen LogP contribution in [0.3, 0.4) is 0 Å². The monoisotopic (exact) mass is 379 g/mol. The normalized spacial score (nSPS) is 23.1. The number of fused-ring (bicyclic) bond motifs is 2. The fourth-order valence-electron chi connectivity index (χ4n) is 4.23. The fourth-order valence-corrected chi connectivity index (χ4v) is 4.23. The van der Waals surface area contributed by atoms with Gasteiger partial charge in [0, 0.05) is 18.1 Å². The number of pyridine rings is 1. The van der Waals surface area contributed by atoms with Crippen LogP contribution in [0.4, 0.5) is 5.82 Å². The first kappa shape index (κ1) is 17.3. The van der Waals surface area contributed by atoms with Gasteiger partial charge in [0.05, 0.1) is 49.4 Å². The number of ether oxygens (including phenoxy) is 2. The Bertz CT molecular complexity index is 1030. The summed E-state index contributed by atoms with van der Waals surface area (Å²) in [4.78, 5) is 17.3. The molecular formula is C20H21N5O3. The van der Waals surface area contributed by atoms with Gasteiger partial charge in [0.1, 0.15) is 17.9 Å². The van der Waals surface area contributed by atoms with E-state index >= 15 is 0 Å². The van der Waals surface area contributed by atoms with E-state index in [4.69, 9.17) is 9.47 Å². The molecule has 2 atom stereocenters. The van der Waals surface area contributed by atoms with Crippen LogP contribution in [0.25, 0.3) is 0 Å². The SMILES string of the molecule is N#Cc1cc2c(nc1NC1COCC1n1nc3c(cc1=O)CCC3)CCOC2. The lowest BCUT2D eigenvalue weighted by Gasteiger charge is -2.23. The van der Waals surface area contributed by atoms with Crippen LogP contribution in [-0.4, -0.2) is 40.6 Å². The molecule has 1 N–H and O–H groups in total. The Hall–Kier alpha value is -2.76. The Labute approximate surface area is 162 Å². The van der Waals surface area contributed by atoms with Crippen LogP contribution in [0, 0.1) is 11.3 Å². The Balaban J connectivity index is 1.46. The van der Waals surface area contributed by atoms with Gasteiger partial charge >= 0.3 is 0 Å². The van der Waals surface area contributed by atoms with E-state index in [1.54, 1.807) is 10.7 Å². The van der Waals surface area contributed by atoms with Crippen LogP contribution in [0.5, 0.6) is 0 Å². The standard InChI is InChI=1S/C20H21N5O3/c21-8-13-6-14-9-27-5-4-15(14)22-20(13)23-17-10-28-11-18(17)25-19(26)7-12-2-1-3-16(12)24-25/h6-7,17-18H,1-5,9-11H2,(H,22,23). The predicted octanol–water partition coefficient (Wildman–Crippen LogP) is 1.12. The fraction of sp³-hybridized carbons (Fsp3) is 0.500. The molecule has 28 heavy (non-hydrogen) atoms. The highest BCUT2D eigenvalue weighted by molar-refractivity contribution is 5.55. The third kappa shape index (κ3) is 2.97. The van der Waals surface area contributed by atoms with Crippen LogP contribution in [0.1, 0.15) is 40.5 Å². The molecule has 1 saturated heterocycles. The van der Waals surface area contributed by atoms with Gasteiger partial charge < -0.3 is 14.8 Å². The lowest BCUT2D eigenvalue weighted by Crippen LogP contribution is -2.38. The van der Waals surface area contributed by atoms with Crippen molar-refractivity contribution in [2.75, 3.05) is 25.1 Å². The maximum Gasteiger partial charge on any atom is 0.267 e. The number of aromatic nitrogens is 3. The van der Waals surface area contributed by atoms with E-state index in [1.807, 2.05) is 6.07 Å². The molecule has 0 radical (unpaired) electrons. The van der Waals surface area contributed by atoms with Crippen LogP contribution in [-0.2, 0) is 35.3 Å². The molecule has 1 fully saturated rings. The largest absolute Gasteiger partial charge is 0.377 e. The zero-order chi connectivity index (χ0) is 19.1. The molecule has 0 bridgehead atoms. The molecule has 0 spiro atoms. The number of rotatable bonds is 3. The van der Waals surface area contributed by atoms with Crippen LogP contribution < -0.4 is 10.9 Å². The number of hydrogen-bond donors (Lipinski definition) is 1. The van der Waals surface area contributed by atoms with E-state index in [0.717, 1.165) is 48.2 Å². The number of hydrogen-bond acceptors (Lipinski definition) is 7. The van der Waals surface area contributed by atoms with Gasteiger partial charge in [-0.15, -0.1) is 0 Å². The van der Waals surface area contributed by atoms with Crippen LogP contribution in [0.15, 0.2) is 16.9 Å². The van der Waals surface area contributed by atoms with E-state index in [0.29, 0.717) is 37.8 Å². The second-order valence-electron chi connectivity index (χ2n) is 7.51. The van der Waals surface area contributed by atoms with Gasteiger partial charge in [-0.25, -0.2) is 9.67 Å². The number of nitrogens with zero attached hydrogens (tertiary/aromatic N) is 4. The minimum absolute atomic E-state index is 0.0981. The minimum atomic E-state index is -0.230. The Kier molecular flexibility index (Phi) is 4.34. The van der Waals surface area contributed by atoms with Gasteiger partial charge in [0.25, 0.3) is 5.56 Å². The second kappa shape index (κ2) is 7.00. The number of nitrogens with one attached hydrogen (secondary N) is 1. The van der Waals surface area contributed by atoms with Crippen molar-refractivity contribution in [3.8, 4) is 6.07 Å². The molecule has 0 amide bonds. The van der Waals surface area contributed by atoms with Gasteiger partial charge in [-0.05, 0) is 30.9 Å². The summed E-state index contributed by atoms with van der Waals surface area (Å²) in [6.45, 7) is 1.96. The zero-order valence-electron chi connectivity index (χ0n) is 15.5. The summed E-state index contributed by atoms with van der Waals surface area (Å²) in [5, 5.41) is 17.5. The lowest BCUT2D eigenvalue weighted by molar-refractivity contribution is 0.109. The summed E-state index contributed by atoms with van der Waals surface area (Å²) in [6, 6.07) is 5.36. The smallest absolute Gasteiger partial charge is 0.267 e. The van der Waals surface area contributed by atoms with Gasteiger partial charge in [0.2, 0.25) is 0 Å². The number of anilines is 1. The van der Waals surface area contributed by atoms with Crippen molar-refractivity contribution in [3.05, 3.63) is 50.6 Å². The summed E-state index contributed by atoms with van der Waals surface area (Å²) in [5.41, 5.74) is 4.37. The van der Waals surface area contributed by atoms with Crippen molar-refractivity contribution < 1.29 is 9.47 Å². The van der Waals surface area contributed by atoms with E-state index in [1.165, 1.54) is 0 Å². The Morgan fingerprint density at radius 2 is 2.07 bits per heavy atom. The third-order valence-corrected chi connectivity index (χ3v) is 5.72. The summed E-state index contributed by atoms with van der Waals surface area (Å²) >= 11 is 0. The summed E-state index contributed by atoms with van der Waals surface area (Å²) in [5.74, 6) is 0.540. The maximum atomic E-state index is 12.6. The molecular weight excluding hydrogens is 358 g/mol. The molecule has 4 heterocycles. The zero-order valence-corrected chi connectivity index (χ0v) is 15.5. The van der Waals surface area contributed by atoms with Crippen molar-refractivity contribution in [2.45, 2.75) is 44.4 Å². The van der Waals surface area contributed by atoms with E-state index in [-0.39, 0.29) is 17.6 Å². The number of aryl methyl sites for hydroxylation is 2. The van der Waals surface area contributed by atoms with Gasteiger partial charge in [-0.1, -0.05) is 0 Å². The van der Waals surface area contributed by atoms with E-state index in [2.05, 4.69) is 21.5 Å². The highest BCUT2D eigenvalue weighted by Crippen LogP contribution is 2.27. The molecule has 2 aromatic heterocycles. The first-order valence-electron chi connectivity index (χ1n) is 9.69. The maximum absolute atomic E-state index is 12.6. The molecule has 2 unspecified atom stereocenters. The molecule has 0 saturated carbocycles. The van der Waals surface area contributed by atoms with Crippen LogP contribution in [0.2, 0.25) is 0 Å². The third-order valence-electron chi connectivity index (χ3n) is 5.72. The van der Waals surface area contributed by atoms with Crippen molar-refractivity contribution >= 4 is 5.82 Å². The molecule has 2 aromatic rings. The van der Waals surface area contributed by atoms with Crippen molar-refractivity contribution in [2.24, 2.45) is 0 Å². The van der Waals surface area contributed by atoms with E-state index < -0.39 is 0 Å². The topological polar surface area (TPSA) is 102 Å². The summed E-state index contributed by atoms with van der Waals surface area (Å²) < 4.78 is 12.7. The van der Waals surface area contributed by atoms with E-state index in [9.17, 15) is 10.1 Å². The van der Waals surface area contributed by atoms with Crippen LogP contribution >= 0.6 is 0 Å². The average molecular weight is 379 g/mol. The highest BCUT2D eigenvalue weighted by atomic mass is 16.5. The van der Waals surface area contributed by atoms with Crippen molar-refractivity contribution in [1.82, 2.24) is 14.8 Å². The molecule has 0 aromatic carbocycles. The molecule has 8 heteroatoms. The van der Waals surface area contributed by atoms with Crippen molar-refractivity contribution in [1.29, 1.82) is 5.26 Å². The quantitative estimate of drug-likeness (QED) is 0.853. The van der Waals surface area contributed by atoms with Gasteiger partial charge in [0.15, 0.2) is 0 Å². The van der Waals surface area contributed by atoms with Crippen molar-refractivity contribution in [3.63, 3.8) is 0 Å². The second-order valence-corrected chi connectivity index (χ2v) is 7.51. The average Bonchev–Trinajstić information content (AvgIpc) is 3.35. The minimum Gasteiger partial charge on any atom is -0.377 e. The first-order chi connectivity index (χ1) is 13.7. The molecule has 3 aliphatic rings. The summed E-state index contributed by atoms with van der Waals surface area (Å²) in [6.07, 6.45) is 3.61. The molecule has 5 rings (SSSR count). The predicted molar refractivity (Wildman–Crippen MR) is 100 cm³/mol. The Morgan fingerprint density at radius 3 is 2.96 bits per heavy atom. The molecule has 8 nitrogen and oxygen atoms in total. The highest BCUT2D eigenvalue weighted by Gasteiger charge is 2.33. The molecule has 2 aliphatic heterocycles. The first-order valence-corrected chi connectivity index (χ1v) is 9.69. The number of nitriles is 1. The summed E-state index contributed by atoms with van der Waals surface area (Å²) in [7, 11) is 0. The lowest BCUT2D eigenvalue weighted by atomic mass is 10.1. The Morgan fingerprint density at radius 1 is 1.14 bits per heavy atom. The molecule has 1 aliphatic carbocycles. The van der Waals surface area contributed by atoms with Gasteiger partial charge in [-0.2, -0.15) is 10.4 Å². The van der Waals surface area contributed by atoms with Gasteiger partial charge in [-0.3, -0.25) is 4.79 Å². The molecule has 144 valence electrons.